The Morgan fingerprint density at radius 2 is 1.86 bits per heavy atom. The zero-order valence-corrected chi connectivity index (χ0v) is 12.2. The summed E-state index contributed by atoms with van der Waals surface area (Å²) in [6.07, 6.45) is 2.72. The van der Waals surface area contributed by atoms with Crippen LogP contribution in [0.1, 0.15) is 41.6 Å². The van der Waals surface area contributed by atoms with E-state index in [0.717, 1.165) is 17.5 Å². The second-order valence-corrected chi connectivity index (χ2v) is 6.32. The SMILES string of the molecule is CC[C@]12CC1[C@@H]2c1ccc(NC(=O)c2ccccc2)cc1. The Balaban J connectivity index is 1.44. The number of hydrogen-bond donors (Lipinski definition) is 1. The van der Waals surface area contributed by atoms with Gasteiger partial charge < -0.3 is 5.32 Å². The molecule has 2 nitrogen and oxygen atoms in total. The molecule has 0 aliphatic heterocycles. The predicted octanol–water partition coefficient (Wildman–Crippen LogP) is 4.45. The van der Waals surface area contributed by atoms with Crippen molar-refractivity contribution >= 4 is 11.6 Å². The molecule has 0 radical (unpaired) electrons. The van der Waals surface area contributed by atoms with Crippen LogP contribution in [0.4, 0.5) is 5.69 Å². The van der Waals surface area contributed by atoms with E-state index in [0.29, 0.717) is 11.0 Å². The Hall–Kier alpha value is -2.09. The number of carbonyl (C=O) groups excluding carboxylic acids is 1. The van der Waals surface area contributed by atoms with Gasteiger partial charge >= 0.3 is 0 Å². The van der Waals surface area contributed by atoms with E-state index >= 15 is 0 Å². The highest BCUT2D eigenvalue weighted by Gasteiger charge is 2.77. The summed E-state index contributed by atoms with van der Waals surface area (Å²) in [4.78, 5) is 12.1. The van der Waals surface area contributed by atoms with E-state index in [1.807, 2.05) is 42.5 Å². The molecule has 3 atom stereocenters. The molecule has 1 amide bonds. The lowest BCUT2D eigenvalue weighted by atomic mass is 9.95. The minimum Gasteiger partial charge on any atom is -0.322 e. The summed E-state index contributed by atoms with van der Waals surface area (Å²) in [5, 5.41) is 2.95. The third-order valence-corrected chi connectivity index (χ3v) is 5.31. The smallest absolute Gasteiger partial charge is 0.255 e. The Morgan fingerprint density at radius 1 is 1.14 bits per heavy atom. The zero-order valence-electron chi connectivity index (χ0n) is 12.2. The minimum absolute atomic E-state index is 0.0531. The van der Waals surface area contributed by atoms with E-state index in [-0.39, 0.29) is 5.91 Å². The number of nitrogens with one attached hydrogen (secondary N) is 1. The number of benzene rings is 2. The Kier molecular flexibility index (Phi) is 2.68. The number of hydrogen-bond acceptors (Lipinski definition) is 1. The predicted molar refractivity (Wildman–Crippen MR) is 84.4 cm³/mol. The molecular formula is C19H19NO. The maximum absolute atomic E-state index is 12.1. The number of amides is 1. The molecule has 0 saturated heterocycles. The number of carbonyl (C=O) groups is 1. The van der Waals surface area contributed by atoms with Crippen molar-refractivity contribution in [3.63, 3.8) is 0 Å². The molecule has 0 aromatic heterocycles. The Labute approximate surface area is 125 Å². The molecule has 2 aliphatic carbocycles. The van der Waals surface area contributed by atoms with Gasteiger partial charge in [0.15, 0.2) is 0 Å². The number of fused-ring (bicyclic) bond motifs is 1. The molecule has 1 N–H and O–H groups in total. The van der Waals surface area contributed by atoms with Gasteiger partial charge in [0.05, 0.1) is 0 Å². The molecule has 2 aliphatic rings. The molecule has 4 rings (SSSR count). The van der Waals surface area contributed by atoms with Crippen LogP contribution >= 0.6 is 0 Å². The molecule has 0 bridgehead atoms. The Morgan fingerprint density at radius 3 is 2.43 bits per heavy atom. The molecule has 2 aromatic rings. The van der Waals surface area contributed by atoms with Crippen molar-refractivity contribution < 1.29 is 4.79 Å². The van der Waals surface area contributed by atoms with Crippen LogP contribution in [0.15, 0.2) is 54.6 Å². The van der Waals surface area contributed by atoms with Crippen molar-refractivity contribution in [2.75, 3.05) is 5.32 Å². The van der Waals surface area contributed by atoms with Crippen LogP contribution in [0.25, 0.3) is 0 Å². The van der Waals surface area contributed by atoms with Gasteiger partial charge in [-0.25, -0.2) is 0 Å². The topological polar surface area (TPSA) is 29.1 Å². The first-order valence-electron chi connectivity index (χ1n) is 7.71. The molecule has 2 saturated carbocycles. The summed E-state index contributed by atoms with van der Waals surface area (Å²) in [6.45, 7) is 2.30. The molecular weight excluding hydrogens is 258 g/mol. The van der Waals surface area contributed by atoms with Crippen LogP contribution in [0.2, 0.25) is 0 Å². The van der Waals surface area contributed by atoms with Gasteiger partial charge in [0.2, 0.25) is 0 Å². The summed E-state index contributed by atoms with van der Waals surface area (Å²) in [5.41, 5.74) is 3.64. The Bertz CT molecular complexity index is 676. The van der Waals surface area contributed by atoms with E-state index in [1.165, 1.54) is 18.4 Å². The first-order chi connectivity index (χ1) is 10.2. The molecule has 2 fully saturated rings. The first-order valence-corrected chi connectivity index (χ1v) is 7.71. The molecule has 1 unspecified atom stereocenters. The highest BCUT2D eigenvalue weighted by Crippen LogP contribution is 2.85. The third-order valence-electron chi connectivity index (χ3n) is 5.31. The quantitative estimate of drug-likeness (QED) is 0.878. The van der Waals surface area contributed by atoms with Crippen molar-refractivity contribution in [2.45, 2.75) is 25.7 Å². The molecule has 0 spiro atoms. The summed E-state index contributed by atoms with van der Waals surface area (Å²) in [6, 6.07) is 17.7. The lowest BCUT2D eigenvalue weighted by Gasteiger charge is -2.11. The van der Waals surface area contributed by atoms with Gasteiger partial charge in [-0.15, -0.1) is 0 Å². The van der Waals surface area contributed by atoms with E-state index < -0.39 is 0 Å². The lowest BCUT2D eigenvalue weighted by Crippen LogP contribution is -2.11. The molecule has 2 heteroatoms. The van der Waals surface area contributed by atoms with Crippen LogP contribution in [0.5, 0.6) is 0 Å². The van der Waals surface area contributed by atoms with Crippen LogP contribution in [0, 0.1) is 11.3 Å². The zero-order chi connectivity index (χ0) is 14.4. The van der Waals surface area contributed by atoms with Crippen molar-refractivity contribution in [1.29, 1.82) is 0 Å². The normalized spacial score (nSPS) is 28.6. The summed E-state index contributed by atoms with van der Waals surface area (Å²) in [5.74, 6) is 1.66. The standard InChI is InChI=1S/C19H19NO/c1-2-19-12-16(19)17(19)13-8-10-15(11-9-13)20-18(21)14-6-4-3-5-7-14/h3-11,16-17H,2,12H2,1H3,(H,20,21)/t16?,17-,19-/m0/s1. The van der Waals surface area contributed by atoms with Crippen molar-refractivity contribution in [1.82, 2.24) is 0 Å². The highest BCUT2D eigenvalue weighted by molar-refractivity contribution is 6.04. The van der Waals surface area contributed by atoms with Crippen LogP contribution in [0.3, 0.4) is 0 Å². The first kappa shape index (κ1) is 12.6. The summed E-state index contributed by atoms with van der Waals surface area (Å²) in [7, 11) is 0. The third kappa shape index (κ3) is 1.98. The van der Waals surface area contributed by atoms with E-state index in [1.54, 1.807) is 0 Å². The van der Waals surface area contributed by atoms with E-state index in [9.17, 15) is 4.79 Å². The van der Waals surface area contributed by atoms with Gasteiger partial charge in [-0.3, -0.25) is 4.79 Å². The average Bonchev–Trinajstić information content (AvgIpc) is 3.39. The number of anilines is 1. The summed E-state index contributed by atoms with van der Waals surface area (Å²) >= 11 is 0. The van der Waals surface area contributed by atoms with Crippen LogP contribution < -0.4 is 5.32 Å². The second kappa shape index (κ2) is 4.45. The summed E-state index contributed by atoms with van der Waals surface area (Å²) < 4.78 is 0. The fraction of sp³-hybridized carbons (Fsp3) is 0.316. The van der Waals surface area contributed by atoms with Gasteiger partial charge in [-0.2, -0.15) is 0 Å². The van der Waals surface area contributed by atoms with Crippen LogP contribution in [-0.4, -0.2) is 5.91 Å². The fourth-order valence-electron chi connectivity index (χ4n) is 3.77. The van der Waals surface area contributed by atoms with Gasteiger partial charge in [-0.05, 0) is 59.9 Å². The van der Waals surface area contributed by atoms with Crippen molar-refractivity contribution in [3.8, 4) is 0 Å². The average molecular weight is 277 g/mol. The maximum atomic E-state index is 12.1. The van der Waals surface area contributed by atoms with Gasteiger partial charge in [0.25, 0.3) is 5.91 Å². The van der Waals surface area contributed by atoms with Gasteiger partial charge in [-0.1, -0.05) is 37.3 Å². The lowest BCUT2D eigenvalue weighted by molar-refractivity contribution is 0.102. The minimum atomic E-state index is -0.0531. The van der Waals surface area contributed by atoms with Gasteiger partial charge in [0.1, 0.15) is 0 Å². The molecule has 0 heterocycles. The maximum Gasteiger partial charge on any atom is 0.255 e. The van der Waals surface area contributed by atoms with Crippen molar-refractivity contribution in [3.05, 3.63) is 65.7 Å². The second-order valence-electron chi connectivity index (χ2n) is 6.32. The largest absolute Gasteiger partial charge is 0.322 e. The highest BCUT2D eigenvalue weighted by atomic mass is 16.1. The van der Waals surface area contributed by atoms with E-state index in [4.69, 9.17) is 0 Å². The monoisotopic (exact) mass is 277 g/mol. The van der Waals surface area contributed by atoms with Crippen LogP contribution in [-0.2, 0) is 0 Å². The molecule has 2 aromatic carbocycles. The molecule has 21 heavy (non-hydrogen) atoms. The fourth-order valence-corrected chi connectivity index (χ4v) is 3.77. The van der Waals surface area contributed by atoms with E-state index in [2.05, 4.69) is 24.4 Å². The number of rotatable bonds is 4. The molecule has 106 valence electrons. The van der Waals surface area contributed by atoms with Crippen molar-refractivity contribution in [2.24, 2.45) is 11.3 Å². The van der Waals surface area contributed by atoms with Gasteiger partial charge in [0, 0.05) is 11.3 Å².